The van der Waals surface area contributed by atoms with Crippen LogP contribution in [0, 0.1) is 28.6 Å². The number of carbonyl (C=O) groups excluding carboxylic acids is 3. The van der Waals surface area contributed by atoms with Crippen LogP contribution in [0.5, 0.6) is 0 Å². The van der Waals surface area contributed by atoms with Crippen LogP contribution in [0.4, 0.5) is 0 Å². The lowest BCUT2D eigenvalue weighted by molar-refractivity contribution is -0.203. The number of hydrogen-bond acceptors (Lipinski definition) is 8. The highest BCUT2D eigenvalue weighted by molar-refractivity contribution is 5.96. The molecule has 8 atom stereocenters. The number of fused-ring (bicyclic) bond motifs is 3. The summed E-state index contributed by atoms with van der Waals surface area (Å²) in [6.45, 7) is 10.3. The highest BCUT2D eigenvalue weighted by Crippen LogP contribution is 2.75. The Labute approximate surface area is 238 Å². The molecule has 0 heterocycles. The number of unbranched alkanes of at least 4 members (excludes halogenated alkanes) is 6. The van der Waals surface area contributed by atoms with E-state index in [0.717, 1.165) is 19.3 Å². The van der Waals surface area contributed by atoms with E-state index in [1.807, 2.05) is 20.8 Å². The predicted octanol–water partition coefficient (Wildman–Crippen LogP) is 4.19. The number of rotatable bonds is 11. The zero-order valence-electron chi connectivity index (χ0n) is 25.0. The van der Waals surface area contributed by atoms with Gasteiger partial charge in [0.05, 0.1) is 12.0 Å². The van der Waals surface area contributed by atoms with Crippen LogP contribution in [0.15, 0.2) is 23.3 Å². The van der Waals surface area contributed by atoms with Gasteiger partial charge in [-0.1, -0.05) is 78.4 Å². The van der Waals surface area contributed by atoms with Crippen molar-refractivity contribution in [1.82, 2.24) is 0 Å². The molecule has 0 saturated heterocycles. The standard InChI is InChI=1S/C32H48O8/c1-7-8-9-10-11-12-13-14-24(35)40-31-17-20(3)30-16-19(2)28(39-21(4)34)32(30,38)26(36)22(18-33)15-23(27(30)37)25(31)29(31,5)6/h15-16,20,23,25-26,28,33,36,38H,7-14,17-18H2,1-6H3/t20?,23-,25+,26+,28-,30?,31-,32-/m0/s1. The molecular weight excluding hydrogens is 512 g/mol. The monoisotopic (exact) mass is 560 g/mol. The van der Waals surface area contributed by atoms with E-state index in [9.17, 15) is 29.7 Å². The fourth-order valence-corrected chi connectivity index (χ4v) is 8.54. The van der Waals surface area contributed by atoms with E-state index >= 15 is 0 Å². The topological polar surface area (TPSA) is 130 Å². The number of ketones is 1. The van der Waals surface area contributed by atoms with Crippen molar-refractivity contribution < 1.29 is 39.2 Å². The van der Waals surface area contributed by atoms with Gasteiger partial charge in [-0.2, -0.15) is 0 Å². The molecule has 2 saturated carbocycles. The molecule has 4 aliphatic rings. The lowest BCUT2D eigenvalue weighted by Crippen LogP contribution is -2.66. The molecule has 2 fully saturated rings. The van der Waals surface area contributed by atoms with Crippen LogP contribution in [-0.2, 0) is 23.9 Å². The largest absolute Gasteiger partial charge is 0.458 e. The van der Waals surface area contributed by atoms with Crippen LogP contribution in [-0.4, -0.2) is 63.1 Å². The molecular formula is C32H48O8. The molecule has 3 N–H and O–H groups in total. The maximum absolute atomic E-state index is 14.6. The van der Waals surface area contributed by atoms with Crippen molar-refractivity contribution in [3.8, 4) is 0 Å². The van der Waals surface area contributed by atoms with Crippen molar-refractivity contribution in [3.63, 3.8) is 0 Å². The minimum Gasteiger partial charge on any atom is -0.458 e. The first kappa shape index (κ1) is 30.9. The first-order valence-electron chi connectivity index (χ1n) is 15.1. The smallest absolute Gasteiger partial charge is 0.306 e. The highest BCUT2D eigenvalue weighted by atomic mass is 16.6. The van der Waals surface area contributed by atoms with E-state index in [1.54, 1.807) is 19.1 Å². The Morgan fingerprint density at radius 1 is 1.10 bits per heavy atom. The molecule has 8 heteroatoms. The Morgan fingerprint density at radius 2 is 1.73 bits per heavy atom. The predicted molar refractivity (Wildman–Crippen MR) is 149 cm³/mol. The summed E-state index contributed by atoms with van der Waals surface area (Å²) in [6, 6.07) is 0. The van der Waals surface area contributed by atoms with E-state index in [0.29, 0.717) is 18.4 Å². The van der Waals surface area contributed by atoms with Gasteiger partial charge in [0.2, 0.25) is 0 Å². The molecule has 224 valence electrons. The minimum atomic E-state index is -2.22. The van der Waals surface area contributed by atoms with Gasteiger partial charge in [0, 0.05) is 30.6 Å². The van der Waals surface area contributed by atoms with Crippen molar-refractivity contribution in [3.05, 3.63) is 23.3 Å². The van der Waals surface area contributed by atoms with Crippen LogP contribution in [0.3, 0.4) is 0 Å². The SMILES string of the molecule is CCCCCCCCCC(=O)O[C@@]12CC(C)C34C=C(C)[C@H](OC(C)=O)[C@@]3(O)[C@H](O)C(CO)=C[C@H](C4=O)[C@@H]1C2(C)C. The third-order valence-corrected chi connectivity index (χ3v) is 10.6. The van der Waals surface area contributed by atoms with Gasteiger partial charge in [-0.3, -0.25) is 14.4 Å². The molecule has 0 aromatic heterocycles. The number of esters is 2. The van der Waals surface area contributed by atoms with Crippen LogP contribution in [0.1, 0.15) is 99.3 Å². The fraction of sp³-hybridized carbons (Fsp3) is 0.781. The second-order valence-electron chi connectivity index (χ2n) is 13.3. The molecule has 8 nitrogen and oxygen atoms in total. The summed E-state index contributed by atoms with van der Waals surface area (Å²) in [5.74, 6) is -3.00. The molecule has 2 unspecified atom stereocenters. The Kier molecular flexibility index (Phi) is 8.50. The third-order valence-electron chi connectivity index (χ3n) is 10.6. The summed E-state index contributed by atoms with van der Waals surface area (Å²) in [5.41, 5.74) is -4.72. The maximum atomic E-state index is 14.6. The van der Waals surface area contributed by atoms with Gasteiger partial charge < -0.3 is 24.8 Å². The zero-order chi connectivity index (χ0) is 29.7. The van der Waals surface area contributed by atoms with E-state index in [1.165, 1.54) is 32.6 Å². The fourth-order valence-electron chi connectivity index (χ4n) is 8.54. The van der Waals surface area contributed by atoms with Crippen molar-refractivity contribution in [2.75, 3.05) is 6.61 Å². The van der Waals surface area contributed by atoms with Crippen molar-refractivity contribution in [1.29, 1.82) is 0 Å². The normalized spacial score (nSPS) is 39.2. The lowest BCUT2D eigenvalue weighted by atomic mass is 9.59. The van der Waals surface area contributed by atoms with Crippen LogP contribution in [0.25, 0.3) is 0 Å². The maximum Gasteiger partial charge on any atom is 0.306 e. The number of aliphatic hydroxyl groups is 3. The second-order valence-corrected chi connectivity index (χ2v) is 13.3. The average Bonchev–Trinajstić information content (AvgIpc) is 3.28. The van der Waals surface area contributed by atoms with Gasteiger partial charge in [0.25, 0.3) is 0 Å². The summed E-state index contributed by atoms with van der Waals surface area (Å²) in [5, 5.41) is 34.2. The molecule has 0 radical (unpaired) electrons. The number of ether oxygens (including phenoxy) is 2. The Morgan fingerprint density at radius 3 is 2.33 bits per heavy atom. The van der Waals surface area contributed by atoms with Crippen molar-refractivity contribution in [2.24, 2.45) is 28.6 Å². The number of hydrogen-bond donors (Lipinski definition) is 3. The van der Waals surface area contributed by atoms with E-state index < -0.39 is 58.7 Å². The molecule has 40 heavy (non-hydrogen) atoms. The number of carbonyl (C=O) groups is 3. The Hall–Kier alpha value is -2.03. The molecule has 4 aliphatic carbocycles. The molecule has 0 aromatic rings. The van der Waals surface area contributed by atoms with Gasteiger partial charge in [0.1, 0.15) is 11.7 Å². The first-order valence-corrected chi connectivity index (χ1v) is 15.1. The summed E-state index contributed by atoms with van der Waals surface area (Å²) < 4.78 is 11.8. The molecule has 0 amide bonds. The highest BCUT2D eigenvalue weighted by Gasteiger charge is 2.83. The van der Waals surface area contributed by atoms with Crippen LogP contribution >= 0.6 is 0 Å². The van der Waals surface area contributed by atoms with E-state index in [-0.39, 0.29) is 23.2 Å². The summed E-state index contributed by atoms with van der Waals surface area (Å²) >= 11 is 0. The third kappa shape index (κ3) is 4.40. The van der Waals surface area contributed by atoms with Gasteiger partial charge in [-0.15, -0.1) is 0 Å². The summed E-state index contributed by atoms with van der Waals surface area (Å²) in [4.78, 5) is 39.8. The number of allylic oxidation sites excluding steroid dienone is 1. The summed E-state index contributed by atoms with van der Waals surface area (Å²) in [6.07, 6.45) is 8.55. The Balaban J connectivity index is 1.67. The average molecular weight is 561 g/mol. The quantitative estimate of drug-likeness (QED) is 0.195. The zero-order valence-corrected chi connectivity index (χ0v) is 25.0. The lowest BCUT2D eigenvalue weighted by Gasteiger charge is -2.49. The Bertz CT molecular complexity index is 1090. The molecule has 2 bridgehead atoms. The first-order chi connectivity index (χ1) is 18.8. The van der Waals surface area contributed by atoms with Crippen molar-refractivity contribution in [2.45, 2.75) is 123 Å². The number of aliphatic hydroxyl groups excluding tert-OH is 2. The van der Waals surface area contributed by atoms with Gasteiger partial charge in [0.15, 0.2) is 17.5 Å². The van der Waals surface area contributed by atoms with Gasteiger partial charge >= 0.3 is 11.9 Å². The number of Topliss-reactive ketones (excluding diaryl/α,β-unsaturated/α-hetero) is 1. The molecule has 0 aliphatic heterocycles. The van der Waals surface area contributed by atoms with Gasteiger partial charge in [-0.05, 0) is 36.8 Å². The minimum absolute atomic E-state index is 0.100. The second kappa shape index (κ2) is 11.0. The van der Waals surface area contributed by atoms with Gasteiger partial charge in [-0.25, -0.2) is 0 Å². The molecule has 4 rings (SSSR count). The van der Waals surface area contributed by atoms with E-state index in [4.69, 9.17) is 9.47 Å². The molecule has 0 aromatic carbocycles. The summed E-state index contributed by atoms with van der Waals surface area (Å²) in [7, 11) is 0. The van der Waals surface area contributed by atoms with Crippen LogP contribution in [0.2, 0.25) is 0 Å². The van der Waals surface area contributed by atoms with Crippen molar-refractivity contribution >= 4 is 17.7 Å². The van der Waals surface area contributed by atoms with E-state index in [2.05, 4.69) is 6.92 Å². The molecule has 1 spiro atoms. The van der Waals surface area contributed by atoms with Crippen LogP contribution < -0.4 is 0 Å².